The van der Waals surface area contributed by atoms with Gasteiger partial charge in [0.15, 0.2) is 5.75 Å². The molecule has 3 aromatic rings. The highest BCUT2D eigenvalue weighted by Crippen LogP contribution is 2.38. The lowest BCUT2D eigenvalue weighted by Gasteiger charge is -2.35. The number of ether oxygens (including phenoxy) is 2. The summed E-state index contributed by atoms with van der Waals surface area (Å²) in [5.74, 6) is -0.617. The molecule has 0 spiro atoms. The Bertz CT molecular complexity index is 1220. The summed E-state index contributed by atoms with van der Waals surface area (Å²) in [5, 5.41) is 18.5. The van der Waals surface area contributed by atoms with Crippen molar-refractivity contribution in [1.82, 2.24) is 0 Å². The molecule has 0 fully saturated rings. The van der Waals surface area contributed by atoms with Gasteiger partial charge < -0.3 is 24.6 Å². The van der Waals surface area contributed by atoms with E-state index in [1.165, 1.54) is 5.56 Å². The summed E-state index contributed by atoms with van der Waals surface area (Å²) in [7, 11) is 0. The van der Waals surface area contributed by atoms with Crippen LogP contribution in [-0.2, 0) is 16.0 Å². The number of carboxylic acid groups (broad SMARTS) is 2. The van der Waals surface area contributed by atoms with Crippen LogP contribution in [0.15, 0.2) is 72.8 Å². The van der Waals surface area contributed by atoms with Crippen LogP contribution in [0.1, 0.15) is 36.0 Å². The Kier molecular flexibility index (Phi) is 8.81. The van der Waals surface area contributed by atoms with Crippen molar-refractivity contribution < 1.29 is 29.3 Å². The molecule has 0 saturated carbocycles. The molecule has 4 rings (SSSR count). The lowest BCUT2D eigenvalue weighted by Crippen LogP contribution is -2.45. The Morgan fingerprint density at radius 2 is 1.73 bits per heavy atom. The van der Waals surface area contributed by atoms with Crippen LogP contribution in [-0.4, -0.2) is 48.0 Å². The lowest BCUT2D eigenvalue weighted by molar-refractivity contribution is -0.145. The van der Waals surface area contributed by atoms with Gasteiger partial charge >= 0.3 is 11.9 Å². The Morgan fingerprint density at radius 1 is 0.946 bits per heavy atom. The van der Waals surface area contributed by atoms with Gasteiger partial charge in [-0.15, -0.1) is 0 Å². The first kappa shape index (κ1) is 25.8. The van der Waals surface area contributed by atoms with Crippen molar-refractivity contribution in [2.75, 3.05) is 24.6 Å². The van der Waals surface area contributed by atoms with Gasteiger partial charge in [-0.3, -0.25) is 4.79 Å². The SMILES string of the molecule is O=C(O)CCCN1CC(C(=O)O)Oc2c(/C=C/c3ccc(OCCCc4ccccc4)cc3)cccc21. The Labute approximate surface area is 216 Å². The summed E-state index contributed by atoms with van der Waals surface area (Å²) in [6.07, 6.45) is 5.18. The average molecular weight is 502 g/mol. The fourth-order valence-corrected chi connectivity index (χ4v) is 4.26. The molecule has 0 saturated heterocycles. The summed E-state index contributed by atoms with van der Waals surface area (Å²) >= 11 is 0. The zero-order valence-corrected chi connectivity index (χ0v) is 20.6. The molecule has 0 radical (unpaired) electrons. The largest absolute Gasteiger partial charge is 0.494 e. The number of aryl methyl sites for hydroxylation is 1. The van der Waals surface area contributed by atoms with Crippen LogP contribution in [0.5, 0.6) is 11.5 Å². The number of para-hydroxylation sites is 1. The minimum absolute atomic E-state index is 0.0246. The molecule has 7 heteroatoms. The van der Waals surface area contributed by atoms with Crippen LogP contribution in [0.2, 0.25) is 0 Å². The predicted octanol–water partition coefficient (Wildman–Crippen LogP) is 5.39. The van der Waals surface area contributed by atoms with Crippen LogP contribution in [0, 0.1) is 0 Å². The summed E-state index contributed by atoms with van der Waals surface area (Å²) in [5.41, 5.74) is 3.80. The highest BCUT2D eigenvalue weighted by molar-refractivity contribution is 5.81. The first-order valence-corrected chi connectivity index (χ1v) is 12.4. The molecule has 1 unspecified atom stereocenters. The molecule has 1 atom stereocenters. The molecule has 7 nitrogen and oxygen atoms in total. The number of aliphatic carboxylic acids is 2. The molecule has 0 amide bonds. The van der Waals surface area contributed by atoms with Crippen molar-refractivity contribution in [2.24, 2.45) is 0 Å². The molecule has 0 bridgehead atoms. The van der Waals surface area contributed by atoms with Gasteiger partial charge in [0.1, 0.15) is 5.75 Å². The number of benzene rings is 3. The third kappa shape index (κ3) is 7.36. The molecule has 192 valence electrons. The van der Waals surface area contributed by atoms with Gasteiger partial charge in [0.05, 0.1) is 18.8 Å². The summed E-state index contributed by atoms with van der Waals surface area (Å²) in [4.78, 5) is 24.5. The number of hydrogen-bond acceptors (Lipinski definition) is 5. The highest BCUT2D eigenvalue weighted by atomic mass is 16.5. The second kappa shape index (κ2) is 12.6. The van der Waals surface area contributed by atoms with E-state index in [9.17, 15) is 14.7 Å². The molecule has 3 aromatic carbocycles. The predicted molar refractivity (Wildman–Crippen MR) is 143 cm³/mol. The first-order valence-electron chi connectivity index (χ1n) is 12.4. The topological polar surface area (TPSA) is 96.3 Å². The summed E-state index contributed by atoms with van der Waals surface area (Å²) in [6.45, 7) is 1.25. The standard InChI is InChI=1S/C30H31NO6/c32-28(33)12-5-19-31-21-27(30(34)35)37-29-24(10-4-11-26(29)31)16-13-23-14-17-25(18-15-23)36-20-6-9-22-7-2-1-3-8-22/h1-4,7-8,10-11,13-18,27H,5-6,9,12,19-21H2,(H,32,33)(H,34,35)/b16-13+. The number of carbonyl (C=O) groups is 2. The number of carboxylic acids is 2. The molecule has 1 aliphatic rings. The summed E-state index contributed by atoms with van der Waals surface area (Å²) in [6, 6.07) is 23.8. The molecular weight excluding hydrogens is 470 g/mol. The monoisotopic (exact) mass is 501 g/mol. The summed E-state index contributed by atoms with van der Waals surface area (Å²) < 4.78 is 11.7. The quantitative estimate of drug-likeness (QED) is 0.254. The Morgan fingerprint density at radius 3 is 2.46 bits per heavy atom. The Balaban J connectivity index is 1.39. The number of nitrogens with zero attached hydrogens (tertiary/aromatic N) is 1. The minimum atomic E-state index is -1.05. The smallest absolute Gasteiger partial charge is 0.346 e. The maximum Gasteiger partial charge on any atom is 0.346 e. The van der Waals surface area contributed by atoms with Crippen molar-refractivity contribution in [1.29, 1.82) is 0 Å². The second-order valence-corrected chi connectivity index (χ2v) is 8.92. The van der Waals surface area contributed by atoms with Crippen molar-refractivity contribution >= 4 is 29.8 Å². The minimum Gasteiger partial charge on any atom is -0.494 e. The normalized spacial score (nSPS) is 14.7. The number of fused-ring (bicyclic) bond motifs is 1. The second-order valence-electron chi connectivity index (χ2n) is 8.92. The van der Waals surface area contributed by atoms with Crippen molar-refractivity contribution in [3.05, 3.63) is 89.5 Å². The van der Waals surface area contributed by atoms with E-state index in [0.717, 1.165) is 35.4 Å². The number of hydrogen-bond donors (Lipinski definition) is 2. The van der Waals surface area contributed by atoms with E-state index in [2.05, 4.69) is 12.1 Å². The number of anilines is 1. The Hall–Kier alpha value is -4.26. The fraction of sp³-hybridized carbons (Fsp3) is 0.267. The van der Waals surface area contributed by atoms with E-state index in [1.807, 2.05) is 77.7 Å². The van der Waals surface area contributed by atoms with E-state index in [4.69, 9.17) is 14.6 Å². The van der Waals surface area contributed by atoms with Crippen molar-refractivity contribution in [3.63, 3.8) is 0 Å². The average Bonchev–Trinajstić information content (AvgIpc) is 2.91. The third-order valence-electron chi connectivity index (χ3n) is 6.16. The van der Waals surface area contributed by atoms with Gasteiger partial charge in [-0.1, -0.05) is 66.7 Å². The van der Waals surface area contributed by atoms with E-state index >= 15 is 0 Å². The van der Waals surface area contributed by atoms with Gasteiger partial charge in [0, 0.05) is 18.5 Å². The zero-order chi connectivity index (χ0) is 26.0. The van der Waals surface area contributed by atoms with Crippen LogP contribution in [0.25, 0.3) is 12.2 Å². The van der Waals surface area contributed by atoms with E-state index < -0.39 is 18.0 Å². The van der Waals surface area contributed by atoms with Crippen molar-refractivity contribution in [2.45, 2.75) is 31.8 Å². The first-order chi connectivity index (χ1) is 18.0. The van der Waals surface area contributed by atoms with Crippen LogP contribution in [0.3, 0.4) is 0 Å². The molecule has 2 N–H and O–H groups in total. The molecular formula is C30H31NO6. The molecule has 1 aliphatic heterocycles. The highest BCUT2D eigenvalue weighted by Gasteiger charge is 2.31. The molecule has 37 heavy (non-hydrogen) atoms. The van der Waals surface area contributed by atoms with Crippen LogP contribution >= 0.6 is 0 Å². The van der Waals surface area contributed by atoms with Gasteiger partial charge in [-0.25, -0.2) is 4.79 Å². The van der Waals surface area contributed by atoms with Gasteiger partial charge in [-0.05, 0) is 48.6 Å². The van der Waals surface area contributed by atoms with Gasteiger partial charge in [0.25, 0.3) is 0 Å². The van der Waals surface area contributed by atoms with E-state index in [0.29, 0.717) is 25.3 Å². The van der Waals surface area contributed by atoms with Gasteiger partial charge in [0.2, 0.25) is 6.10 Å². The molecule has 0 aliphatic carbocycles. The molecule has 0 aromatic heterocycles. The maximum atomic E-state index is 11.7. The van der Waals surface area contributed by atoms with E-state index in [-0.39, 0.29) is 13.0 Å². The maximum absolute atomic E-state index is 11.7. The lowest BCUT2D eigenvalue weighted by atomic mass is 10.1. The zero-order valence-electron chi connectivity index (χ0n) is 20.6. The van der Waals surface area contributed by atoms with E-state index in [1.54, 1.807) is 0 Å². The number of rotatable bonds is 12. The fourth-order valence-electron chi connectivity index (χ4n) is 4.26. The van der Waals surface area contributed by atoms with Crippen molar-refractivity contribution in [3.8, 4) is 11.5 Å². The third-order valence-corrected chi connectivity index (χ3v) is 6.16. The van der Waals surface area contributed by atoms with Gasteiger partial charge in [-0.2, -0.15) is 0 Å². The van der Waals surface area contributed by atoms with Crippen LogP contribution < -0.4 is 14.4 Å². The molecule has 1 heterocycles. The van der Waals surface area contributed by atoms with Crippen LogP contribution in [0.4, 0.5) is 5.69 Å².